The highest BCUT2D eigenvalue weighted by atomic mass is 16.8. The number of fused-ring (bicyclic) bond motifs is 1. The van der Waals surface area contributed by atoms with Gasteiger partial charge in [0.2, 0.25) is 0 Å². The van der Waals surface area contributed by atoms with E-state index in [4.69, 9.17) is 14.2 Å². The third kappa shape index (κ3) is 1.73. The Balaban J connectivity index is 1.90. The van der Waals surface area contributed by atoms with Crippen LogP contribution in [-0.4, -0.2) is 35.5 Å². The van der Waals surface area contributed by atoms with Crippen LogP contribution in [0.1, 0.15) is 46.0 Å². The molecule has 0 bridgehead atoms. The second-order valence-corrected chi connectivity index (χ2v) is 5.98. The fourth-order valence-corrected chi connectivity index (χ4v) is 3.73. The molecule has 0 spiro atoms. The zero-order valence-electron chi connectivity index (χ0n) is 10.6. The molecule has 0 unspecified atom stereocenters. The molecule has 1 N–H and O–H groups in total. The Morgan fingerprint density at radius 1 is 1.12 bits per heavy atom. The summed E-state index contributed by atoms with van der Waals surface area (Å²) in [7, 11) is 0. The first-order chi connectivity index (χ1) is 8.05. The zero-order chi connectivity index (χ0) is 12.1. The smallest absolute Gasteiger partial charge is 0.187 e. The quantitative estimate of drug-likeness (QED) is 0.761. The Morgan fingerprint density at radius 2 is 1.82 bits per heavy atom. The van der Waals surface area contributed by atoms with Crippen molar-refractivity contribution >= 4 is 0 Å². The second-order valence-electron chi connectivity index (χ2n) is 5.98. The van der Waals surface area contributed by atoms with Crippen LogP contribution in [0.4, 0.5) is 0 Å². The van der Waals surface area contributed by atoms with Gasteiger partial charge in [0.15, 0.2) is 17.7 Å². The Morgan fingerprint density at radius 3 is 2.53 bits per heavy atom. The molecule has 4 heteroatoms. The van der Waals surface area contributed by atoms with Gasteiger partial charge in [-0.15, -0.1) is 0 Å². The number of hydrogen-bond donors (Lipinski definition) is 1. The summed E-state index contributed by atoms with van der Waals surface area (Å²) >= 11 is 0. The predicted molar refractivity (Wildman–Crippen MR) is 61.3 cm³/mol. The first-order valence-electron chi connectivity index (χ1n) is 6.72. The van der Waals surface area contributed by atoms with Crippen LogP contribution >= 0.6 is 0 Å². The van der Waals surface area contributed by atoms with Crippen LogP contribution in [0.25, 0.3) is 0 Å². The fraction of sp³-hybridized carbons (Fsp3) is 1.00. The first kappa shape index (κ1) is 11.9. The van der Waals surface area contributed by atoms with E-state index in [1.165, 1.54) is 19.3 Å². The van der Waals surface area contributed by atoms with E-state index in [0.29, 0.717) is 12.5 Å². The van der Waals surface area contributed by atoms with Crippen molar-refractivity contribution in [2.24, 2.45) is 5.92 Å². The van der Waals surface area contributed by atoms with Gasteiger partial charge in [-0.3, -0.25) is 0 Å². The van der Waals surface area contributed by atoms with Gasteiger partial charge >= 0.3 is 0 Å². The molecule has 2 aliphatic heterocycles. The minimum absolute atomic E-state index is 0.115. The number of ether oxygens (including phenoxy) is 3. The van der Waals surface area contributed by atoms with Gasteiger partial charge in [0, 0.05) is 0 Å². The fourth-order valence-electron chi connectivity index (χ4n) is 3.73. The van der Waals surface area contributed by atoms with E-state index in [1.54, 1.807) is 0 Å². The molecule has 17 heavy (non-hydrogen) atoms. The lowest BCUT2D eigenvalue weighted by molar-refractivity contribution is -0.251. The molecular formula is C13H22O4. The number of aliphatic hydroxyl groups is 1. The van der Waals surface area contributed by atoms with Crippen molar-refractivity contribution in [3.05, 3.63) is 0 Å². The van der Waals surface area contributed by atoms with E-state index < -0.39 is 17.7 Å². The average molecular weight is 242 g/mol. The molecule has 98 valence electrons. The summed E-state index contributed by atoms with van der Waals surface area (Å²) in [5.74, 6) is -0.243. The number of aliphatic hydroxyl groups excluding tert-OH is 1. The van der Waals surface area contributed by atoms with Gasteiger partial charge in [0.25, 0.3) is 0 Å². The number of rotatable bonds is 1. The molecule has 3 fully saturated rings. The normalized spacial score (nSPS) is 46.1. The lowest BCUT2D eigenvalue weighted by Gasteiger charge is -2.39. The molecule has 3 aliphatic rings. The lowest BCUT2D eigenvalue weighted by atomic mass is 9.74. The molecule has 4 nitrogen and oxygen atoms in total. The van der Waals surface area contributed by atoms with Gasteiger partial charge in [-0.2, -0.15) is 0 Å². The molecule has 1 saturated carbocycles. The molecule has 0 aromatic carbocycles. The Kier molecular flexibility index (Phi) is 2.74. The maximum Gasteiger partial charge on any atom is 0.187 e. The summed E-state index contributed by atoms with van der Waals surface area (Å²) < 4.78 is 17.4. The first-order valence-corrected chi connectivity index (χ1v) is 6.72. The molecule has 3 rings (SSSR count). The van der Waals surface area contributed by atoms with Crippen LogP contribution in [0.5, 0.6) is 0 Å². The summed E-state index contributed by atoms with van der Waals surface area (Å²) in [4.78, 5) is 0. The Bertz CT molecular complexity index is 298. The van der Waals surface area contributed by atoms with E-state index >= 15 is 0 Å². The summed E-state index contributed by atoms with van der Waals surface area (Å²) in [5.41, 5.74) is -0.621. The van der Waals surface area contributed by atoms with Crippen LogP contribution in [0.15, 0.2) is 0 Å². The largest absolute Gasteiger partial charge is 0.366 e. The summed E-state index contributed by atoms with van der Waals surface area (Å²) in [6.07, 6.45) is 4.99. The van der Waals surface area contributed by atoms with Crippen LogP contribution in [0, 0.1) is 5.92 Å². The zero-order valence-corrected chi connectivity index (χ0v) is 10.6. The molecule has 2 saturated heterocycles. The van der Waals surface area contributed by atoms with Crippen molar-refractivity contribution in [3.63, 3.8) is 0 Å². The topological polar surface area (TPSA) is 47.9 Å². The minimum atomic E-state index is -0.836. The number of hydrogen-bond acceptors (Lipinski definition) is 4. The maximum atomic E-state index is 10.2. The third-order valence-corrected chi connectivity index (χ3v) is 4.39. The van der Waals surface area contributed by atoms with Crippen molar-refractivity contribution < 1.29 is 19.3 Å². The molecule has 0 aromatic heterocycles. The SMILES string of the molecule is CC1(C)O[C@H]2CO[C@H](O)[C@@]2(C2CCCCC2)O1. The summed E-state index contributed by atoms with van der Waals surface area (Å²) in [6.45, 7) is 4.28. The van der Waals surface area contributed by atoms with Gasteiger partial charge in [-0.25, -0.2) is 0 Å². The van der Waals surface area contributed by atoms with E-state index in [-0.39, 0.29) is 6.10 Å². The van der Waals surface area contributed by atoms with Gasteiger partial charge < -0.3 is 19.3 Å². The highest BCUT2D eigenvalue weighted by Crippen LogP contribution is 2.51. The standard InChI is InChI=1S/C13H22O4/c1-12(2)16-10-8-15-11(14)13(10,17-12)9-6-4-3-5-7-9/h9-11,14H,3-8H2,1-2H3/t10-,11-,13-/m0/s1. The van der Waals surface area contributed by atoms with Crippen LogP contribution in [0.3, 0.4) is 0 Å². The highest BCUT2D eigenvalue weighted by molar-refractivity contribution is 5.06. The van der Waals surface area contributed by atoms with Crippen molar-refractivity contribution in [3.8, 4) is 0 Å². The maximum absolute atomic E-state index is 10.2. The van der Waals surface area contributed by atoms with Crippen molar-refractivity contribution in [2.75, 3.05) is 6.61 Å². The summed E-state index contributed by atoms with van der Waals surface area (Å²) in [5, 5.41) is 10.2. The molecule has 0 amide bonds. The Hall–Kier alpha value is -0.160. The van der Waals surface area contributed by atoms with Gasteiger partial charge in [0.1, 0.15) is 6.10 Å². The summed E-state index contributed by atoms with van der Waals surface area (Å²) in [6, 6.07) is 0. The van der Waals surface area contributed by atoms with Gasteiger partial charge in [0.05, 0.1) is 6.61 Å². The molecule has 0 aromatic rings. The molecule has 3 atom stereocenters. The van der Waals surface area contributed by atoms with Crippen molar-refractivity contribution in [2.45, 2.75) is 69.7 Å². The molecule has 0 radical (unpaired) electrons. The highest BCUT2D eigenvalue weighted by Gasteiger charge is 2.65. The van der Waals surface area contributed by atoms with E-state index in [1.807, 2.05) is 13.8 Å². The van der Waals surface area contributed by atoms with Crippen molar-refractivity contribution in [1.82, 2.24) is 0 Å². The van der Waals surface area contributed by atoms with Crippen molar-refractivity contribution in [1.29, 1.82) is 0 Å². The Labute approximate surface area is 102 Å². The lowest BCUT2D eigenvalue weighted by Crippen LogP contribution is -2.52. The third-order valence-electron chi connectivity index (χ3n) is 4.39. The molecular weight excluding hydrogens is 220 g/mol. The average Bonchev–Trinajstić information content (AvgIpc) is 2.74. The molecule has 2 heterocycles. The molecule has 1 aliphatic carbocycles. The van der Waals surface area contributed by atoms with Gasteiger partial charge in [-0.1, -0.05) is 19.3 Å². The minimum Gasteiger partial charge on any atom is -0.366 e. The van der Waals surface area contributed by atoms with Crippen LogP contribution in [0.2, 0.25) is 0 Å². The van der Waals surface area contributed by atoms with Gasteiger partial charge in [-0.05, 0) is 32.6 Å². The van der Waals surface area contributed by atoms with E-state index in [0.717, 1.165) is 12.8 Å². The second kappa shape index (κ2) is 3.92. The van der Waals surface area contributed by atoms with E-state index in [2.05, 4.69) is 0 Å². The van der Waals surface area contributed by atoms with Crippen LogP contribution < -0.4 is 0 Å². The van der Waals surface area contributed by atoms with Crippen LogP contribution in [-0.2, 0) is 14.2 Å². The monoisotopic (exact) mass is 242 g/mol. The predicted octanol–water partition coefficient (Wildman–Crippen LogP) is 1.81. The van der Waals surface area contributed by atoms with E-state index in [9.17, 15) is 5.11 Å².